The van der Waals surface area contributed by atoms with Crippen molar-refractivity contribution in [2.24, 2.45) is 0 Å². The molecule has 0 bridgehead atoms. The normalized spacial score (nSPS) is 27.6. The van der Waals surface area contributed by atoms with E-state index in [1.807, 2.05) is 36.4 Å². The number of fused-ring (bicyclic) bond motifs is 2. The Morgan fingerprint density at radius 2 is 0.914 bits per heavy atom. The summed E-state index contributed by atoms with van der Waals surface area (Å²) in [6, 6.07) is 14.6. The average Bonchev–Trinajstić information content (AvgIpc) is 3.13. The van der Waals surface area contributed by atoms with Crippen molar-refractivity contribution in [2.45, 2.75) is 114 Å². The maximum absolute atomic E-state index is 12.9. The van der Waals surface area contributed by atoms with E-state index >= 15 is 0 Å². The lowest BCUT2D eigenvalue weighted by atomic mass is 9.96. The maximum Gasteiger partial charge on any atom is 0.303 e. The summed E-state index contributed by atoms with van der Waals surface area (Å²) < 4.78 is 64.3. The van der Waals surface area contributed by atoms with E-state index in [-0.39, 0.29) is 0 Å². The molecule has 2 fully saturated rings. The summed E-state index contributed by atoms with van der Waals surface area (Å²) in [5.74, 6) is -4.58. The number of benzene rings is 2. The number of carbonyl (C=O) groups is 7. The summed E-state index contributed by atoms with van der Waals surface area (Å²) in [7, 11) is 0. The van der Waals surface area contributed by atoms with Gasteiger partial charge in [0.05, 0.1) is 5.25 Å². The second-order valence-corrected chi connectivity index (χ2v) is 14.6. The summed E-state index contributed by atoms with van der Waals surface area (Å²) >= 11 is 1.20. The fourth-order valence-electron chi connectivity index (χ4n) is 6.73. The predicted octanol–water partition coefficient (Wildman–Crippen LogP) is 3.23. The number of carbonyl (C=O) groups excluding carboxylic acids is 7. The molecule has 0 unspecified atom stereocenters. The van der Waals surface area contributed by atoms with Crippen LogP contribution in [0.25, 0.3) is 0 Å². The minimum Gasteiger partial charge on any atom is -0.463 e. The number of thioether (sulfide) groups is 1. The lowest BCUT2D eigenvalue weighted by Gasteiger charge is -2.49. The van der Waals surface area contributed by atoms with Crippen molar-refractivity contribution in [3.63, 3.8) is 0 Å². The highest BCUT2D eigenvalue weighted by Gasteiger charge is 2.58. The van der Waals surface area contributed by atoms with Crippen LogP contribution in [0.5, 0.6) is 11.5 Å². The molecule has 58 heavy (non-hydrogen) atoms. The molecule has 0 amide bonds. The lowest BCUT2D eigenvalue weighted by Crippen LogP contribution is -2.66. The Labute approximate surface area is 337 Å². The molecule has 2 saturated heterocycles. The first-order valence-electron chi connectivity index (χ1n) is 18.1. The monoisotopic (exact) mass is 832 g/mol. The van der Waals surface area contributed by atoms with E-state index in [0.29, 0.717) is 11.5 Å². The topological polar surface area (TPSA) is 221 Å². The van der Waals surface area contributed by atoms with Gasteiger partial charge in [-0.3, -0.25) is 33.6 Å². The number of hydrogen-bond donors (Lipinski definition) is 0. The highest BCUT2D eigenvalue weighted by atomic mass is 32.2. The van der Waals surface area contributed by atoms with Crippen LogP contribution in [0, 0.1) is 0 Å². The van der Waals surface area contributed by atoms with Crippen LogP contribution in [-0.2, 0) is 80.9 Å². The molecule has 0 spiro atoms. The Bertz CT molecular complexity index is 1820. The summed E-state index contributed by atoms with van der Waals surface area (Å²) in [6.07, 6.45) is -13.8. The fraction of sp³-hybridized carbons (Fsp3) is 0.513. The highest BCUT2D eigenvalue weighted by Crippen LogP contribution is 2.52. The van der Waals surface area contributed by atoms with E-state index in [1.54, 1.807) is 12.1 Å². The third kappa shape index (κ3) is 11.0. The summed E-state index contributed by atoms with van der Waals surface area (Å²) in [5, 5.41) is -0.492. The van der Waals surface area contributed by atoms with Crippen LogP contribution in [0.3, 0.4) is 0 Å². The Morgan fingerprint density at radius 1 is 0.500 bits per heavy atom. The van der Waals surface area contributed by atoms with Crippen LogP contribution in [-0.4, -0.2) is 116 Å². The lowest BCUT2D eigenvalue weighted by molar-refractivity contribution is -0.341. The number of rotatable bonds is 13. The summed E-state index contributed by atoms with van der Waals surface area (Å²) in [6.45, 7) is 6.64. The summed E-state index contributed by atoms with van der Waals surface area (Å²) in [5.41, 5.74) is 0.369. The number of hydrogen-bond acceptors (Lipinski definition) is 19. The van der Waals surface area contributed by atoms with Gasteiger partial charge in [0.15, 0.2) is 36.8 Å². The Balaban J connectivity index is 1.61. The van der Waals surface area contributed by atoms with Crippen LogP contribution in [0.4, 0.5) is 0 Å². The second kappa shape index (κ2) is 19.5. The molecule has 5 rings (SSSR count). The van der Waals surface area contributed by atoms with E-state index < -0.39 is 121 Å². The molecule has 0 aromatic heterocycles. The summed E-state index contributed by atoms with van der Waals surface area (Å²) in [4.78, 5) is 87.1. The van der Waals surface area contributed by atoms with Gasteiger partial charge in [0.2, 0.25) is 0 Å². The highest BCUT2D eigenvalue weighted by molar-refractivity contribution is 8.00. The van der Waals surface area contributed by atoms with Crippen LogP contribution in [0.15, 0.2) is 48.5 Å². The van der Waals surface area contributed by atoms with Gasteiger partial charge in [0.25, 0.3) is 0 Å². The van der Waals surface area contributed by atoms with Crippen molar-refractivity contribution in [3.8, 4) is 11.5 Å². The molecule has 19 heteroatoms. The Hall–Kier alpha value is -5.24. The van der Waals surface area contributed by atoms with Crippen LogP contribution >= 0.6 is 11.8 Å². The van der Waals surface area contributed by atoms with Gasteiger partial charge < -0.3 is 52.1 Å². The maximum atomic E-state index is 12.9. The smallest absolute Gasteiger partial charge is 0.303 e. The molecule has 314 valence electrons. The number of ether oxygens (including phenoxy) is 11. The van der Waals surface area contributed by atoms with Gasteiger partial charge in [-0.05, 0) is 12.1 Å². The average molecular weight is 833 g/mol. The van der Waals surface area contributed by atoms with E-state index in [0.717, 1.165) is 59.6 Å². The zero-order valence-electron chi connectivity index (χ0n) is 32.6. The first kappa shape index (κ1) is 43.9. The molecule has 2 aromatic rings. The van der Waals surface area contributed by atoms with Crippen molar-refractivity contribution < 1.29 is 85.7 Å². The van der Waals surface area contributed by atoms with Crippen molar-refractivity contribution >= 4 is 53.5 Å². The first-order valence-corrected chi connectivity index (χ1v) is 19.1. The van der Waals surface area contributed by atoms with Gasteiger partial charge in [-0.15, -0.1) is 11.8 Å². The van der Waals surface area contributed by atoms with Crippen LogP contribution < -0.4 is 4.74 Å². The van der Waals surface area contributed by atoms with Crippen molar-refractivity contribution in [1.82, 2.24) is 0 Å². The fourth-order valence-corrected chi connectivity index (χ4v) is 8.25. The standard InChI is InChI=1S/C39H44O18S/c1-18(40)47-16-29-31(49-20(3)42)33(50-21(4)43)35(52-23(6)45)38(55-29)57-32-30(17-48-19(2)41)56-39(36(53-24(7)46)34(32)51-22(5)44)58-37-25-12-8-10-14-27(25)54-28-15-11-9-13-26(28)37/h8-15,29-39H,16-17H2,1-7H3/t29-,30-,31-,32-,33+,34+,35-,36-,38+,39+/m1/s1. The van der Waals surface area contributed by atoms with Crippen molar-refractivity contribution in [3.05, 3.63) is 59.7 Å². The predicted molar refractivity (Wildman–Crippen MR) is 196 cm³/mol. The number of esters is 7. The second-order valence-electron chi connectivity index (χ2n) is 13.4. The largest absolute Gasteiger partial charge is 0.463 e. The molecule has 10 atom stereocenters. The molecule has 3 heterocycles. The zero-order valence-corrected chi connectivity index (χ0v) is 33.5. The molecule has 0 N–H and O–H groups in total. The molecule has 0 radical (unpaired) electrons. The van der Waals surface area contributed by atoms with E-state index in [1.165, 1.54) is 11.8 Å². The molecule has 18 nitrogen and oxygen atoms in total. The molecule has 2 aromatic carbocycles. The zero-order chi connectivity index (χ0) is 42.3. The molecule has 0 saturated carbocycles. The van der Waals surface area contributed by atoms with E-state index in [2.05, 4.69) is 0 Å². The van der Waals surface area contributed by atoms with E-state index in [9.17, 15) is 33.6 Å². The van der Waals surface area contributed by atoms with Gasteiger partial charge in [0, 0.05) is 59.6 Å². The molecule has 3 aliphatic rings. The van der Waals surface area contributed by atoms with Gasteiger partial charge in [0.1, 0.15) is 48.5 Å². The first-order chi connectivity index (χ1) is 27.5. The van der Waals surface area contributed by atoms with Gasteiger partial charge in [-0.1, -0.05) is 36.4 Å². The van der Waals surface area contributed by atoms with E-state index in [4.69, 9.17) is 52.1 Å². The van der Waals surface area contributed by atoms with Gasteiger partial charge in [-0.2, -0.15) is 0 Å². The minimum atomic E-state index is -1.79. The molecule has 0 aliphatic carbocycles. The van der Waals surface area contributed by atoms with Gasteiger partial charge >= 0.3 is 41.8 Å². The Morgan fingerprint density at radius 3 is 1.40 bits per heavy atom. The van der Waals surface area contributed by atoms with Crippen molar-refractivity contribution in [1.29, 1.82) is 0 Å². The molecular formula is C39H44O18S. The van der Waals surface area contributed by atoms with Crippen LogP contribution in [0.1, 0.15) is 64.8 Å². The quantitative estimate of drug-likeness (QED) is 0.209. The molecule has 3 aliphatic heterocycles. The SMILES string of the molecule is CC(=O)OC[C@H]1O[C@@H](SC2c3ccccc3Oc3ccccc32)[C@H](OC(C)=O)[C@@H](OC(C)=O)[C@@H]1O[C@@H]1O[C@H](COC(C)=O)[C@@H](OC(C)=O)[C@H](OC(C)=O)[C@H]1OC(C)=O. The van der Waals surface area contributed by atoms with Gasteiger partial charge in [-0.25, -0.2) is 0 Å². The van der Waals surface area contributed by atoms with Crippen molar-refractivity contribution in [2.75, 3.05) is 13.2 Å². The third-order valence-electron chi connectivity index (χ3n) is 8.78. The Kier molecular flexibility index (Phi) is 14.7. The number of para-hydroxylation sites is 2. The minimum absolute atomic E-state index is 0.492. The molecular weight excluding hydrogens is 788 g/mol. The third-order valence-corrected chi connectivity index (χ3v) is 10.2. The van der Waals surface area contributed by atoms with Crippen LogP contribution in [0.2, 0.25) is 0 Å².